The Morgan fingerprint density at radius 2 is 1.90 bits per heavy atom. The van der Waals surface area contributed by atoms with Crippen LogP contribution < -0.4 is 10.1 Å². The highest BCUT2D eigenvalue weighted by atomic mass is 35.5. The summed E-state index contributed by atoms with van der Waals surface area (Å²) in [6.07, 6.45) is 0.944. The van der Waals surface area contributed by atoms with Gasteiger partial charge in [-0.05, 0) is 37.1 Å². The molecule has 2 aromatic carbocycles. The summed E-state index contributed by atoms with van der Waals surface area (Å²) in [5.41, 5.74) is 3.60. The Kier molecular flexibility index (Phi) is 7.60. The number of carbonyl (C=O) groups excluding carboxylic acids is 2. The van der Waals surface area contributed by atoms with Gasteiger partial charge in [-0.2, -0.15) is 0 Å². The Labute approximate surface area is 185 Å². The molecule has 0 aliphatic heterocycles. The van der Waals surface area contributed by atoms with Crippen molar-refractivity contribution in [3.05, 3.63) is 69.0 Å². The van der Waals surface area contributed by atoms with Crippen LogP contribution in [-0.4, -0.2) is 30.3 Å². The lowest BCUT2D eigenvalue weighted by atomic mass is 10.1. The minimum atomic E-state index is -0.169. The number of thiazole rings is 1. The van der Waals surface area contributed by atoms with Crippen LogP contribution in [0.15, 0.2) is 47.8 Å². The molecule has 0 radical (unpaired) electrons. The van der Waals surface area contributed by atoms with Crippen molar-refractivity contribution in [2.24, 2.45) is 0 Å². The van der Waals surface area contributed by atoms with Gasteiger partial charge in [0.2, 0.25) is 5.91 Å². The van der Waals surface area contributed by atoms with Crippen molar-refractivity contribution in [2.45, 2.75) is 26.2 Å². The van der Waals surface area contributed by atoms with E-state index in [1.54, 1.807) is 29.5 Å². The van der Waals surface area contributed by atoms with Crippen LogP contribution in [-0.2, 0) is 11.2 Å². The van der Waals surface area contributed by atoms with Crippen LogP contribution >= 0.6 is 22.9 Å². The topological polar surface area (TPSA) is 68.3 Å². The molecule has 3 aromatic rings. The molecule has 1 heterocycles. The molecule has 1 aromatic heterocycles. The summed E-state index contributed by atoms with van der Waals surface area (Å²) in [6.45, 7) is 2.51. The molecule has 0 bridgehead atoms. The molecule has 0 saturated carbocycles. The third kappa shape index (κ3) is 5.90. The fourth-order valence-corrected chi connectivity index (χ4v) is 3.83. The van der Waals surface area contributed by atoms with Crippen molar-refractivity contribution in [1.82, 2.24) is 10.3 Å². The largest absolute Gasteiger partial charge is 0.496 e. The molecule has 0 saturated heterocycles. The quantitative estimate of drug-likeness (QED) is 0.468. The SMILES string of the molecule is COc1ccc(Cl)cc1C(=O)CCC(=O)NCCc1ccc(-c2csc(C)n2)cc1. The molecule has 3 rings (SSSR count). The Morgan fingerprint density at radius 3 is 2.57 bits per heavy atom. The zero-order chi connectivity index (χ0) is 21.5. The number of ether oxygens (including phenoxy) is 1. The second-order valence-electron chi connectivity index (χ2n) is 6.82. The fraction of sp³-hybridized carbons (Fsp3) is 0.261. The van der Waals surface area contributed by atoms with Crippen LogP contribution in [0.4, 0.5) is 0 Å². The van der Waals surface area contributed by atoms with Gasteiger partial charge in [0.1, 0.15) is 5.75 Å². The number of methoxy groups -OCH3 is 1. The predicted octanol–water partition coefficient (Wildman–Crippen LogP) is 5.10. The summed E-state index contributed by atoms with van der Waals surface area (Å²) < 4.78 is 5.20. The number of amides is 1. The van der Waals surface area contributed by atoms with Crippen molar-refractivity contribution < 1.29 is 14.3 Å². The van der Waals surface area contributed by atoms with Crippen molar-refractivity contribution in [3.8, 4) is 17.0 Å². The molecule has 0 fully saturated rings. The van der Waals surface area contributed by atoms with Crippen LogP contribution in [0.3, 0.4) is 0 Å². The van der Waals surface area contributed by atoms with Gasteiger partial charge in [0.05, 0.1) is 23.4 Å². The number of ketones is 1. The summed E-state index contributed by atoms with van der Waals surface area (Å²) in [6, 6.07) is 13.1. The van der Waals surface area contributed by atoms with Gasteiger partial charge in [-0.15, -0.1) is 11.3 Å². The van der Waals surface area contributed by atoms with E-state index in [-0.39, 0.29) is 24.5 Å². The molecule has 30 heavy (non-hydrogen) atoms. The molecule has 0 aliphatic carbocycles. The molecule has 1 amide bonds. The Hall–Kier alpha value is -2.70. The zero-order valence-corrected chi connectivity index (χ0v) is 18.5. The number of aryl methyl sites for hydroxylation is 1. The first-order valence-electron chi connectivity index (χ1n) is 9.61. The van der Waals surface area contributed by atoms with E-state index in [1.807, 2.05) is 36.6 Å². The second kappa shape index (κ2) is 10.4. The van der Waals surface area contributed by atoms with Crippen molar-refractivity contribution in [3.63, 3.8) is 0 Å². The number of carbonyl (C=O) groups is 2. The average Bonchev–Trinajstić information content (AvgIpc) is 3.18. The monoisotopic (exact) mass is 442 g/mol. The number of hydrogen-bond acceptors (Lipinski definition) is 5. The first-order valence-corrected chi connectivity index (χ1v) is 10.9. The maximum atomic E-state index is 12.4. The number of halogens is 1. The van der Waals surface area contributed by atoms with Crippen molar-refractivity contribution >= 4 is 34.6 Å². The van der Waals surface area contributed by atoms with Gasteiger partial charge in [-0.3, -0.25) is 9.59 Å². The third-order valence-corrected chi connectivity index (χ3v) is 5.65. The molecule has 156 valence electrons. The summed E-state index contributed by atoms with van der Waals surface area (Å²) in [5.74, 6) is 0.136. The van der Waals surface area contributed by atoms with Crippen molar-refractivity contribution in [1.29, 1.82) is 0 Å². The first kappa shape index (κ1) is 22.0. The van der Waals surface area contributed by atoms with E-state index in [0.717, 1.165) is 28.2 Å². The molecular formula is C23H23ClN2O3S. The van der Waals surface area contributed by atoms with Crippen molar-refractivity contribution in [2.75, 3.05) is 13.7 Å². The van der Waals surface area contributed by atoms with Gasteiger partial charge in [0.25, 0.3) is 0 Å². The van der Waals surface area contributed by atoms with Gasteiger partial charge in [0.15, 0.2) is 5.78 Å². The number of hydrogen-bond donors (Lipinski definition) is 1. The lowest BCUT2D eigenvalue weighted by Gasteiger charge is -2.09. The normalized spacial score (nSPS) is 10.6. The number of benzene rings is 2. The minimum absolute atomic E-state index is 0.101. The van der Waals surface area contributed by atoms with E-state index >= 15 is 0 Å². The summed E-state index contributed by atoms with van der Waals surface area (Å²) >= 11 is 7.60. The number of nitrogens with one attached hydrogen (secondary N) is 1. The van der Waals surface area contributed by atoms with Crippen LogP contribution in [0.2, 0.25) is 5.02 Å². The highest BCUT2D eigenvalue weighted by Crippen LogP contribution is 2.24. The summed E-state index contributed by atoms with van der Waals surface area (Å²) in [7, 11) is 1.50. The van der Waals surface area contributed by atoms with Crippen LogP contribution in [0.1, 0.15) is 33.8 Å². The standard InChI is InChI=1S/C23H23ClN2O3S/c1-15-26-20(14-30-15)17-5-3-16(4-6-17)11-12-25-23(28)10-8-21(27)19-13-18(24)7-9-22(19)29-2/h3-7,9,13-14H,8,10-12H2,1-2H3,(H,25,28). The fourth-order valence-electron chi connectivity index (χ4n) is 3.03. The van der Waals surface area contributed by atoms with E-state index in [2.05, 4.69) is 10.3 Å². The summed E-state index contributed by atoms with van der Waals surface area (Å²) in [5, 5.41) is 6.42. The smallest absolute Gasteiger partial charge is 0.220 e. The number of Topliss-reactive ketones (excluding diaryl/α,β-unsaturated/α-hetero) is 1. The van der Waals surface area contributed by atoms with E-state index in [0.29, 0.717) is 22.9 Å². The Bertz CT molecular complexity index is 1030. The lowest BCUT2D eigenvalue weighted by Crippen LogP contribution is -2.26. The van der Waals surface area contributed by atoms with E-state index in [1.165, 1.54) is 7.11 Å². The molecule has 1 N–H and O–H groups in total. The average molecular weight is 443 g/mol. The highest BCUT2D eigenvalue weighted by molar-refractivity contribution is 7.09. The number of aromatic nitrogens is 1. The van der Waals surface area contributed by atoms with Gasteiger partial charge in [-0.1, -0.05) is 35.9 Å². The molecule has 7 heteroatoms. The minimum Gasteiger partial charge on any atom is -0.496 e. The van der Waals surface area contributed by atoms with Crippen LogP contribution in [0.5, 0.6) is 5.75 Å². The Morgan fingerprint density at radius 1 is 1.13 bits per heavy atom. The maximum Gasteiger partial charge on any atom is 0.220 e. The molecule has 5 nitrogen and oxygen atoms in total. The number of nitrogens with zero attached hydrogens (tertiary/aromatic N) is 1. The molecule has 0 atom stereocenters. The molecule has 0 aliphatic rings. The first-order chi connectivity index (χ1) is 14.5. The van der Waals surface area contributed by atoms with Crippen LogP contribution in [0.25, 0.3) is 11.3 Å². The van der Waals surface area contributed by atoms with E-state index in [4.69, 9.17) is 16.3 Å². The van der Waals surface area contributed by atoms with Gasteiger partial charge in [0, 0.05) is 35.4 Å². The van der Waals surface area contributed by atoms with E-state index < -0.39 is 0 Å². The molecule has 0 spiro atoms. The third-order valence-electron chi connectivity index (χ3n) is 4.65. The number of rotatable bonds is 9. The Balaban J connectivity index is 1.44. The molecular weight excluding hydrogens is 420 g/mol. The zero-order valence-electron chi connectivity index (χ0n) is 16.9. The summed E-state index contributed by atoms with van der Waals surface area (Å²) in [4.78, 5) is 29.0. The van der Waals surface area contributed by atoms with Crippen LogP contribution in [0, 0.1) is 6.92 Å². The highest BCUT2D eigenvalue weighted by Gasteiger charge is 2.14. The van der Waals surface area contributed by atoms with Gasteiger partial charge < -0.3 is 10.1 Å². The molecule has 0 unspecified atom stereocenters. The second-order valence-corrected chi connectivity index (χ2v) is 8.32. The van der Waals surface area contributed by atoms with E-state index in [9.17, 15) is 9.59 Å². The predicted molar refractivity (Wildman–Crippen MR) is 121 cm³/mol. The lowest BCUT2D eigenvalue weighted by molar-refractivity contribution is -0.121. The van der Waals surface area contributed by atoms with Gasteiger partial charge >= 0.3 is 0 Å². The maximum absolute atomic E-state index is 12.4. The van der Waals surface area contributed by atoms with Gasteiger partial charge in [-0.25, -0.2) is 4.98 Å².